The van der Waals surface area contributed by atoms with Crippen molar-refractivity contribution in [3.63, 3.8) is 0 Å². The molecule has 2 rings (SSSR count). The lowest BCUT2D eigenvalue weighted by molar-refractivity contribution is 0.00578. The summed E-state index contributed by atoms with van der Waals surface area (Å²) in [5, 5.41) is 0. The van der Waals surface area contributed by atoms with Gasteiger partial charge in [-0.1, -0.05) is 0 Å². The van der Waals surface area contributed by atoms with Crippen LogP contribution < -0.4 is 5.46 Å². The minimum absolute atomic E-state index is 0.391. The van der Waals surface area contributed by atoms with Crippen molar-refractivity contribution in [1.29, 1.82) is 0 Å². The monoisotopic (exact) mass is 305 g/mol. The maximum Gasteiger partial charge on any atom is 0.496 e. The Morgan fingerprint density at radius 1 is 1.14 bits per heavy atom. The van der Waals surface area contributed by atoms with Gasteiger partial charge in [0.15, 0.2) is 0 Å². The molecule has 0 N–H and O–H groups in total. The van der Waals surface area contributed by atoms with Crippen LogP contribution in [0, 0.1) is 0 Å². The highest BCUT2D eigenvalue weighted by Gasteiger charge is 2.51. The lowest BCUT2D eigenvalue weighted by Crippen LogP contribution is -2.41. The van der Waals surface area contributed by atoms with E-state index in [0.717, 1.165) is 0 Å². The third-order valence-corrected chi connectivity index (χ3v) is 3.92. The van der Waals surface area contributed by atoms with Gasteiger partial charge in [-0.25, -0.2) is 4.79 Å². The number of carbonyl (C=O) groups is 1. The highest BCUT2D eigenvalue weighted by atomic mass is 16.7. The van der Waals surface area contributed by atoms with Gasteiger partial charge in [0.2, 0.25) is 0 Å². The fourth-order valence-corrected chi connectivity index (χ4v) is 2.01. The molecule has 1 saturated heterocycles. The van der Waals surface area contributed by atoms with E-state index in [1.54, 1.807) is 12.3 Å². The molecule has 22 heavy (non-hydrogen) atoms. The predicted molar refractivity (Wildman–Crippen MR) is 85.1 cm³/mol. The van der Waals surface area contributed by atoms with E-state index in [9.17, 15) is 4.79 Å². The van der Waals surface area contributed by atoms with Crippen LogP contribution in [0.2, 0.25) is 0 Å². The Morgan fingerprint density at radius 2 is 1.68 bits per heavy atom. The van der Waals surface area contributed by atoms with E-state index in [2.05, 4.69) is 4.98 Å². The van der Waals surface area contributed by atoms with Crippen LogP contribution in [0.5, 0.6) is 0 Å². The maximum absolute atomic E-state index is 12.1. The van der Waals surface area contributed by atoms with Crippen LogP contribution in [-0.2, 0) is 14.0 Å². The summed E-state index contributed by atoms with van der Waals surface area (Å²) in [7, 11) is -0.542. The molecule has 1 aromatic heterocycles. The van der Waals surface area contributed by atoms with Crippen molar-refractivity contribution in [2.75, 3.05) is 0 Å². The van der Waals surface area contributed by atoms with Gasteiger partial charge in [0.1, 0.15) is 5.60 Å². The van der Waals surface area contributed by atoms with Crippen molar-refractivity contribution in [3.05, 3.63) is 24.0 Å². The van der Waals surface area contributed by atoms with Gasteiger partial charge < -0.3 is 14.0 Å². The first-order valence-electron chi connectivity index (χ1n) is 7.45. The molecule has 0 amide bonds. The maximum atomic E-state index is 12.1. The zero-order valence-electron chi connectivity index (χ0n) is 14.4. The van der Waals surface area contributed by atoms with E-state index in [-0.39, 0.29) is 0 Å². The molecule has 0 aromatic carbocycles. The molecule has 2 heterocycles. The van der Waals surface area contributed by atoms with Crippen LogP contribution in [0.1, 0.15) is 58.8 Å². The summed E-state index contributed by atoms with van der Waals surface area (Å²) in [4.78, 5) is 16.3. The van der Waals surface area contributed by atoms with Crippen LogP contribution in [0.15, 0.2) is 18.5 Å². The molecule has 1 aromatic rings. The molecule has 1 aliphatic heterocycles. The van der Waals surface area contributed by atoms with Crippen molar-refractivity contribution in [3.8, 4) is 0 Å². The topological polar surface area (TPSA) is 57.7 Å². The second-order valence-corrected chi connectivity index (χ2v) is 7.60. The number of rotatable bonds is 2. The van der Waals surface area contributed by atoms with E-state index in [4.69, 9.17) is 14.0 Å². The van der Waals surface area contributed by atoms with Crippen LogP contribution in [-0.4, -0.2) is 34.9 Å². The van der Waals surface area contributed by atoms with E-state index in [1.807, 2.05) is 48.5 Å². The van der Waals surface area contributed by atoms with Crippen molar-refractivity contribution < 1.29 is 18.8 Å². The lowest BCUT2D eigenvalue weighted by atomic mass is 9.80. The minimum Gasteiger partial charge on any atom is -0.456 e. The van der Waals surface area contributed by atoms with Gasteiger partial charge in [-0.05, 0) is 54.5 Å². The molecule has 0 spiro atoms. The number of nitrogens with zero attached hydrogens (tertiary/aromatic N) is 1. The Balaban J connectivity index is 2.22. The molecule has 0 aliphatic carbocycles. The normalized spacial score (nSPS) is 20.0. The third-order valence-electron chi connectivity index (χ3n) is 3.92. The molecule has 0 radical (unpaired) electrons. The zero-order valence-corrected chi connectivity index (χ0v) is 14.4. The van der Waals surface area contributed by atoms with Gasteiger partial charge in [0, 0.05) is 17.9 Å². The molecule has 0 bridgehead atoms. The highest BCUT2D eigenvalue weighted by Crippen LogP contribution is 2.36. The first-order valence-corrected chi connectivity index (χ1v) is 7.45. The molecule has 1 fully saturated rings. The molecular weight excluding hydrogens is 281 g/mol. The number of ether oxygens (including phenoxy) is 1. The first-order chi connectivity index (χ1) is 9.91. The van der Waals surface area contributed by atoms with E-state index < -0.39 is 29.9 Å². The van der Waals surface area contributed by atoms with Crippen molar-refractivity contribution in [1.82, 2.24) is 4.98 Å². The Labute approximate surface area is 132 Å². The molecule has 0 saturated carbocycles. The molecule has 0 unspecified atom stereocenters. The van der Waals surface area contributed by atoms with Gasteiger partial charge in [-0.15, -0.1) is 0 Å². The summed E-state index contributed by atoms with van der Waals surface area (Å²) in [6.07, 6.45) is 3.14. The standard InChI is InChI=1S/C16H24BNO4/c1-14(2,3)20-13(19)11-8-12(10-18-9-11)17-21-15(4,5)16(6,7)22-17/h8-10H,1-7H3. The van der Waals surface area contributed by atoms with E-state index >= 15 is 0 Å². The average molecular weight is 305 g/mol. The zero-order chi connectivity index (χ0) is 16.8. The third kappa shape index (κ3) is 3.50. The van der Waals surface area contributed by atoms with Gasteiger partial charge >= 0.3 is 13.1 Å². The van der Waals surface area contributed by atoms with Crippen LogP contribution in [0.4, 0.5) is 0 Å². The number of hydrogen-bond donors (Lipinski definition) is 0. The number of hydrogen-bond acceptors (Lipinski definition) is 5. The van der Waals surface area contributed by atoms with E-state index in [0.29, 0.717) is 11.0 Å². The summed E-state index contributed by atoms with van der Waals surface area (Å²) in [5.74, 6) is -0.404. The second kappa shape index (κ2) is 5.35. The van der Waals surface area contributed by atoms with E-state index in [1.165, 1.54) is 6.20 Å². The number of aromatic nitrogens is 1. The molecule has 0 atom stereocenters. The Bertz CT molecular complexity index is 562. The van der Waals surface area contributed by atoms with Crippen molar-refractivity contribution >= 4 is 18.6 Å². The Hall–Kier alpha value is -1.40. The average Bonchev–Trinajstić information content (AvgIpc) is 2.57. The van der Waals surface area contributed by atoms with Crippen LogP contribution in [0.3, 0.4) is 0 Å². The van der Waals surface area contributed by atoms with Gasteiger partial charge in [0.05, 0.1) is 16.8 Å². The molecule has 5 nitrogen and oxygen atoms in total. The van der Waals surface area contributed by atoms with Crippen molar-refractivity contribution in [2.45, 2.75) is 65.3 Å². The summed E-state index contributed by atoms with van der Waals surface area (Å²) in [5.41, 5.74) is -0.305. The van der Waals surface area contributed by atoms with Crippen LogP contribution >= 0.6 is 0 Å². The van der Waals surface area contributed by atoms with Gasteiger partial charge in [0.25, 0.3) is 0 Å². The fourth-order valence-electron chi connectivity index (χ4n) is 2.01. The lowest BCUT2D eigenvalue weighted by Gasteiger charge is -2.32. The second-order valence-electron chi connectivity index (χ2n) is 7.60. The summed E-state index contributed by atoms with van der Waals surface area (Å²) in [6.45, 7) is 13.4. The first kappa shape index (κ1) is 17.0. The number of esters is 1. The minimum atomic E-state index is -0.544. The Kier molecular flexibility index (Phi) is 4.13. The summed E-state index contributed by atoms with van der Waals surface area (Å²) in [6, 6.07) is 1.71. The van der Waals surface area contributed by atoms with Crippen LogP contribution in [0.25, 0.3) is 0 Å². The fraction of sp³-hybridized carbons (Fsp3) is 0.625. The SMILES string of the molecule is CC(C)(C)OC(=O)c1cncc(B2OC(C)(C)C(C)(C)O2)c1. The number of pyridine rings is 1. The quantitative estimate of drug-likeness (QED) is 0.620. The van der Waals surface area contributed by atoms with Crippen molar-refractivity contribution in [2.24, 2.45) is 0 Å². The Morgan fingerprint density at radius 3 is 2.18 bits per heavy atom. The highest BCUT2D eigenvalue weighted by molar-refractivity contribution is 6.62. The summed E-state index contributed by atoms with van der Waals surface area (Å²) >= 11 is 0. The molecule has 6 heteroatoms. The summed E-state index contributed by atoms with van der Waals surface area (Å²) < 4.78 is 17.3. The largest absolute Gasteiger partial charge is 0.496 e. The predicted octanol–water partition coefficient (Wildman–Crippen LogP) is 2.34. The molecule has 120 valence electrons. The molecular formula is C16H24BNO4. The number of carbonyl (C=O) groups excluding carboxylic acids is 1. The van der Waals surface area contributed by atoms with Gasteiger partial charge in [-0.3, -0.25) is 4.98 Å². The molecule has 1 aliphatic rings. The van der Waals surface area contributed by atoms with Gasteiger partial charge in [-0.2, -0.15) is 0 Å². The smallest absolute Gasteiger partial charge is 0.456 e.